The Kier molecular flexibility index (Phi) is 3.54. The molecular weight excluding hydrogens is 300 g/mol. The van der Waals surface area contributed by atoms with Crippen LogP contribution in [0, 0.1) is 6.92 Å². The van der Waals surface area contributed by atoms with Gasteiger partial charge in [0.05, 0.1) is 12.0 Å². The van der Waals surface area contributed by atoms with E-state index in [4.69, 9.17) is 4.74 Å². The number of H-pyrrole nitrogens is 1. The summed E-state index contributed by atoms with van der Waals surface area (Å²) < 4.78 is 32.7. The Morgan fingerprint density at radius 2 is 1.91 bits per heavy atom. The van der Waals surface area contributed by atoms with Crippen molar-refractivity contribution in [2.24, 2.45) is 0 Å². The summed E-state index contributed by atoms with van der Waals surface area (Å²) in [4.78, 5) is 3.28. The number of nitrogens with one attached hydrogen (secondary N) is 2. The van der Waals surface area contributed by atoms with Gasteiger partial charge in [0, 0.05) is 22.8 Å². The minimum atomic E-state index is -3.63. The van der Waals surface area contributed by atoms with Gasteiger partial charge in [-0.05, 0) is 55.0 Å². The average molecular weight is 316 g/mol. The Morgan fingerprint density at radius 3 is 2.64 bits per heavy atom. The predicted molar refractivity (Wildman–Crippen MR) is 86.8 cm³/mol. The molecule has 3 aromatic rings. The number of aryl methyl sites for hydroxylation is 1. The Balaban J connectivity index is 1.93. The summed E-state index contributed by atoms with van der Waals surface area (Å²) in [6.45, 7) is 1.81. The number of rotatable bonds is 4. The van der Waals surface area contributed by atoms with Crippen molar-refractivity contribution in [2.75, 3.05) is 11.8 Å². The first-order valence-electron chi connectivity index (χ1n) is 6.74. The zero-order valence-corrected chi connectivity index (χ0v) is 13.1. The van der Waals surface area contributed by atoms with Crippen LogP contribution in [0.1, 0.15) is 5.56 Å². The van der Waals surface area contributed by atoms with E-state index >= 15 is 0 Å². The van der Waals surface area contributed by atoms with Crippen molar-refractivity contribution in [3.8, 4) is 5.75 Å². The molecule has 0 unspecified atom stereocenters. The number of hydrogen-bond acceptors (Lipinski definition) is 3. The van der Waals surface area contributed by atoms with Crippen LogP contribution in [-0.4, -0.2) is 20.5 Å². The summed E-state index contributed by atoms with van der Waals surface area (Å²) in [5, 5.41) is 0.950. The largest absolute Gasteiger partial charge is 0.496 e. The lowest BCUT2D eigenvalue weighted by Crippen LogP contribution is -2.13. The van der Waals surface area contributed by atoms with Crippen molar-refractivity contribution in [3.63, 3.8) is 0 Å². The molecule has 2 aromatic carbocycles. The second-order valence-electron chi connectivity index (χ2n) is 5.02. The van der Waals surface area contributed by atoms with Crippen LogP contribution < -0.4 is 9.46 Å². The lowest BCUT2D eigenvalue weighted by Gasteiger charge is -2.10. The third-order valence-corrected chi connectivity index (χ3v) is 4.86. The number of fused-ring (bicyclic) bond motifs is 1. The van der Waals surface area contributed by atoms with Gasteiger partial charge in [0.2, 0.25) is 0 Å². The van der Waals surface area contributed by atoms with E-state index < -0.39 is 10.0 Å². The Labute approximate surface area is 129 Å². The zero-order valence-electron chi connectivity index (χ0n) is 12.3. The van der Waals surface area contributed by atoms with Gasteiger partial charge in [-0.1, -0.05) is 0 Å². The summed E-state index contributed by atoms with van der Waals surface area (Å²) >= 11 is 0. The molecule has 5 nitrogen and oxygen atoms in total. The molecule has 0 radical (unpaired) electrons. The molecule has 0 fully saturated rings. The van der Waals surface area contributed by atoms with Crippen molar-refractivity contribution in [1.82, 2.24) is 4.98 Å². The zero-order chi connectivity index (χ0) is 15.7. The SMILES string of the molecule is COc1ccc(S(=O)(=O)Nc2ccc3[nH]ccc3c2)cc1C. The monoisotopic (exact) mass is 316 g/mol. The molecule has 6 heteroatoms. The summed E-state index contributed by atoms with van der Waals surface area (Å²) in [5.74, 6) is 0.660. The van der Waals surface area contributed by atoms with E-state index in [1.165, 1.54) is 6.07 Å². The fourth-order valence-corrected chi connectivity index (χ4v) is 3.48. The maximum Gasteiger partial charge on any atom is 0.261 e. The van der Waals surface area contributed by atoms with Gasteiger partial charge >= 0.3 is 0 Å². The molecule has 0 aliphatic heterocycles. The number of methoxy groups -OCH3 is 1. The van der Waals surface area contributed by atoms with E-state index in [0.29, 0.717) is 11.4 Å². The molecule has 22 heavy (non-hydrogen) atoms. The number of benzene rings is 2. The number of ether oxygens (including phenoxy) is 1. The second-order valence-corrected chi connectivity index (χ2v) is 6.70. The van der Waals surface area contributed by atoms with Gasteiger partial charge in [0.25, 0.3) is 10.0 Å². The van der Waals surface area contributed by atoms with Crippen molar-refractivity contribution >= 4 is 26.6 Å². The minimum Gasteiger partial charge on any atom is -0.496 e. The van der Waals surface area contributed by atoms with Gasteiger partial charge in [0.15, 0.2) is 0 Å². The van der Waals surface area contributed by atoms with Gasteiger partial charge in [-0.25, -0.2) is 8.42 Å². The van der Waals surface area contributed by atoms with Crippen molar-refractivity contribution < 1.29 is 13.2 Å². The maximum absolute atomic E-state index is 12.5. The van der Waals surface area contributed by atoms with Gasteiger partial charge in [-0.3, -0.25) is 4.72 Å². The smallest absolute Gasteiger partial charge is 0.261 e. The normalized spacial score (nSPS) is 11.5. The molecule has 0 atom stereocenters. The van der Waals surface area contributed by atoms with Crippen molar-refractivity contribution in [3.05, 3.63) is 54.2 Å². The number of sulfonamides is 1. The molecule has 2 N–H and O–H groups in total. The third-order valence-electron chi connectivity index (χ3n) is 3.48. The quantitative estimate of drug-likeness (QED) is 0.776. The van der Waals surface area contributed by atoms with Gasteiger partial charge < -0.3 is 9.72 Å². The third kappa shape index (κ3) is 2.65. The van der Waals surface area contributed by atoms with E-state index in [9.17, 15) is 8.42 Å². The molecule has 0 aliphatic rings. The first-order chi connectivity index (χ1) is 10.5. The second kappa shape index (κ2) is 5.38. The van der Waals surface area contributed by atoms with Crippen LogP contribution in [0.5, 0.6) is 5.75 Å². The van der Waals surface area contributed by atoms with E-state index in [0.717, 1.165) is 16.5 Å². The van der Waals surface area contributed by atoms with Gasteiger partial charge in [0.1, 0.15) is 5.75 Å². The molecular formula is C16H16N2O3S. The highest BCUT2D eigenvalue weighted by Crippen LogP contribution is 2.24. The Bertz CT molecular complexity index is 929. The lowest BCUT2D eigenvalue weighted by molar-refractivity contribution is 0.411. The van der Waals surface area contributed by atoms with Crippen molar-refractivity contribution in [2.45, 2.75) is 11.8 Å². The predicted octanol–water partition coefficient (Wildman–Crippen LogP) is 3.29. The fraction of sp³-hybridized carbons (Fsp3) is 0.125. The van der Waals surface area contributed by atoms with Crippen LogP contribution in [0.3, 0.4) is 0 Å². The molecule has 0 spiro atoms. The lowest BCUT2D eigenvalue weighted by atomic mass is 10.2. The summed E-state index contributed by atoms with van der Waals surface area (Å²) in [6, 6.07) is 12.0. The highest BCUT2D eigenvalue weighted by molar-refractivity contribution is 7.92. The van der Waals surface area contributed by atoms with Crippen LogP contribution >= 0.6 is 0 Å². The summed E-state index contributed by atoms with van der Waals surface area (Å²) in [5.41, 5.74) is 2.26. The molecule has 0 saturated heterocycles. The maximum atomic E-state index is 12.5. The van der Waals surface area contributed by atoms with Crippen LogP contribution in [0.2, 0.25) is 0 Å². The molecule has 0 saturated carbocycles. The molecule has 114 valence electrons. The highest BCUT2D eigenvalue weighted by atomic mass is 32.2. The number of aromatic nitrogens is 1. The first-order valence-corrected chi connectivity index (χ1v) is 8.22. The van der Waals surface area contributed by atoms with E-state index in [1.54, 1.807) is 31.4 Å². The first kappa shape index (κ1) is 14.5. The minimum absolute atomic E-state index is 0.208. The molecule has 0 bridgehead atoms. The van der Waals surface area contributed by atoms with Crippen LogP contribution in [-0.2, 0) is 10.0 Å². The van der Waals surface area contributed by atoms with Gasteiger partial charge in [-0.15, -0.1) is 0 Å². The van der Waals surface area contributed by atoms with E-state index in [1.807, 2.05) is 25.3 Å². The molecule has 1 heterocycles. The fourth-order valence-electron chi connectivity index (χ4n) is 2.35. The number of aromatic amines is 1. The molecule has 1 aromatic heterocycles. The molecule has 0 aliphatic carbocycles. The average Bonchev–Trinajstić information content (AvgIpc) is 2.94. The van der Waals surface area contributed by atoms with E-state index in [-0.39, 0.29) is 4.90 Å². The molecule has 0 amide bonds. The Morgan fingerprint density at radius 1 is 1.09 bits per heavy atom. The van der Waals surface area contributed by atoms with Crippen LogP contribution in [0.25, 0.3) is 10.9 Å². The number of hydrogen-bond donors (Lipinski definition) is 2. The van der Waals surface area contributed by atoms with Gasteiger partial charge in [-0.2, -0.15) is 0 Å². The van der Waals surface area contributed by atoms with Crippen LogP contribution in [0.15, 0.2) is 53.6 Å². The summed E-state index contributed by atoms with van der Waals surface area (Å²) in [6.07, 6.45) is 1.82. The van der Waals surface area contributed by atoms with Crippen molar-refractivity contribution in [1.29, 1.82) is 0 Å². The highest BCUT2D eigenvalue weighted by Gasteiger charge is 2.15. The number of anilines is 1. The van der Waals surface area contributed by atoms with Crippen LogP contribution in [0.4, 0.5) is 5.69 Å². The summed E-state index contributed by atoms with van der Waals surface area (Å²) in [7, 11) is -2.07. The molecule has 3 rings (SSSR count). The topological polar surface area (TPSA) is 71.2 Å². The standard InChI is InChI=1S/C16H16N2O3S/c1-11-9-14(4-6-16(11)21-2)22(19,20)18-13-3-5-15-12(10-13)7-8-17-15/h3-10,17-18H,1-2H3. The van der Waals surface area contributed by atoms with E-state index in [2.05, 4.69) is 9.71 Å². The Hall–Kier alpha value is -2.47.